The van der Waals surface area contributed by atoms with Crippen molar-refractivity contribution >= 4 is 23.4 Å². The van der Waals surface area contributed by atoms with Crippen LogP contribution in [0.1, 0.15) is 50.2 Å². The highest BCUT2D eigenvalue weighted by atomic mass is 16.2. The molecule has 2 aromatic carbocycles. The molecule has 0 unspecified atom stereocenters. The van der Waals surface area contributed by atoms with Gasteiger partial charge in [-0.1, -0.05) is 62.4 Å². The third kappa shape index (κ3) is 3.95. The van der Waals surface area contributed by atoms with Crippen LogP contribution in [0, 0.1) is 18.4 Å². The Labute approximate surface area is 212 Å². The fraction of sp³-hybridized carbons (Fsp3) is 0.448. The molecule has 1 spiro atoms. The Morgan fingerprint density at radius 1 is 1.17 bits per heavy atom. The van der Waals surface area contributed by atoms with E-state index in [0.29, 0.717) is 6.42 Å². The van der Waals surface area contributed by atoms with Crippen LogP contribution in [0.5, 0.6) is 0 Å². The molecule has 7 heteroatoms. The predicted molar refractivity (Wildman–Crippen MR) is 137 cm³/mol. The first-order valence-electron chi connectivity index (χ1n) is 12.7. The van der Waals surface area contributed by atoms with Gasteiger partial charge < -0.3 is 10.2 Å². The Kier molecular flexibility index (Phi) is 6.07. The van der Waals surface area contributed by atoms with Gasteiger partial charge in [-0.2, -0.15) is 0 Å². The number of carbonyl (C=O) groups excluding carboxylic acids is 3. The van der Waals surface area contributed by atoms with Crippen LogP contribution >= 0.6 is 0 Å². The molecule has 1 N–H and O–H groups in total. The molecule has 186 valence electrons. The van der Waals surface area contributed by atoms with Crippen molar-refractivity contribution in [1.29, 1.82) is 0 Å². The number of rotatable bonds is 6. The molecule has 36 heavy (non-hydrogen) atoms. The van der Waals surface area contributed by atoms with Gasteiger partial charge in [-0.25, -0.2) is 6.57 Å². The lowest BCUT2D eigenvalue weighted by molar-refractivity contribution is -0.146. The minimum absolute atomic E-state index is 0.0277. The van der Waals surface area contributed by atoms with Crippen molar-refractivity contribution in [3.05, 3.63) is 77.1 Å². The second-order valence-corrected chi connectivity index (χ2v) is 10.8. The summed E-state index contributed by atoms with van der Waals surface area (Å²) in [4.78, 5) is 47.5. The van der Waals surface area contributed by atoms with Crippen molar-refractivity contribution in [2.24, 2.45) is 11.8 Å². The number of likely N-dealkylation sites (N-methyl/N-ethyl adjacent to an activating group) is 1. The first-order valence-corrected chi connectivity index (χ1v) is 12.7. The van der Waals surface area contributed by atoms with Crippen LogP contribution in [0.15, 0.2) is 54.6 Å². The van der Waals surface area contributed by atoms with E-state index in [4.69, 9.17) is 6.57 Å². The second-order valence-electron chi connectivity index (χ2n) is 10.8. The van der Waals surface area contributed by atoms with E-state index in [1.165, 1.54) is 0 Å². The molecule has 1 saturated heterocycles. The average Bonchev–Trinajstić information content (AvgIpc) is 3.52. The number of hydrogen-bond acceptors (Lipinski definition) is 3. The molecule has 3 amide bonds. The molecule has 1 saturated carbocycles. The Balaban J connectivity index is 1.39. The smallest absolute Gasteiger partial charge is 0.302 e. The topological polar surface area (TPSA) is 74.1 Å². The maximum atomic E-state index is 14.0. The van der Waals surface area contributed by atoms with Gasteiger partial charge in [-0.15, -0.1) is 0 Å². The van der Waals surface area contributed by atoms with Crippen LogP contribution in [0.2, 0.25) is 0 Å². The monoisotopic (exact) mass is 484 g/mol. The Hall–Kier alpha value is -3.66. The van der Waals surface area contributed by atoms with Crippen molar-refractivity contribution in [1.82, 2.24) is 9.80 Å². The number of hydrogen-bond donors (Lipinski definition) is 1. The van der Waals surface area contributed by atoms with Crippen LogP contribution in [-0.4, -0.2) is 53.3 Å². The molecule has 2 heterocycles. The van der Waals surface area contributed by atoms with Crippen molar-refractivity contribution < 1.29 is 14.4 Å². The number of nitrogens with zero attached hydrogens (tertiary/aromatic N) is 3. The standard InChI is InChI=1S/C29H32N4O3/c1-18(2)14-24(32(4)26(34)21-15-20(21)19-10-6-5-7-11-19)27(35)33-17-29(16-25(33)30-3)22-12-8-9-13-23(22)31-28(29)36/h5-13,18,20-21,24-25H,14-17H2,1-2,4H3,(H,31,36)/t20-,21+,24+,25+,29+/m1/s1. The summed E-state index contributed by atoms with van der Waals surface area (Å²) >= 11 is 0. The summed E-state index contributed by atoms with van der Waals surface area (Å²) < 4.78 is 0. The number of carbonyl (C=O) groups is 3. The molecule has 7 nitrogen and oxygen atoms in total. The van der Waals surface area contributed by atoms with Gasteiger partial charge in [0.15, 0.2) is 0 Å². The molecule has 1 aliphatic carbocycles. The van der Waals surface area contributed by atoms with E-state index in [0.717, 1.165) is 23.2 Å². The third-order valence-electron chi connectivity index (χ3n) is 8.02. The molecule has 3 aliphatic rings. The lowest BCUT2D eigenvalue weighted by Gasteiger charge is -2.32. The fourth-order valence-corrected chi connectivity index (χ4v) is 5.97. The Morgan fingerprint density at radius 2 is 1.86 bits per heavy atom. The zero-order valence-corrected chi connectivity index (χ0v) is 21.0. The largest absolute Gasteiger partial charge is 0.333 e. The Bertz CT molecular complexity index is 1240. The van der Waals surface area contributed by atoms with Crippen molar-refractivity contribution in [3.63, 3.8) is 0 Å². The van der Waals surface area contributed by atoms with Crippen molar-refractivity contribution in [2.75, 3.05) is 18.9 Å². The molecule has 2 aromatic rings. The SMILES string of the molecule is [C-]#[N+][C@@H]1C[C@@]2(CN1C(=O)[C@H](CC(C)C)N(C)C(=O)[C@H]1C[C@@H]1c1ccccc1)C(=O)Nc1ccccc12. The molecular weight excluding hydrogens is 452 g/mol. The summed E-state index contributed by atoms with van der Waals surface area (Å²) in [5.74, 6) is -0.209. The molecule has 0 radical (unpaired) electrons. The van der Waals surface area contributed by atoms with Gasteiger partial charge in [-0.3, -0.25) is 24.1 Å². The molecule has 2 fully saturated rings. The lowest BCUT2D eigenvalue weighted by Crippen LogP contribution is -2.52. The van der Waals surface area contributed by atoms with Crippen molar-refractivity contribution in [3.8, 4) is 0 Å². The van der Waals surface area contributed by atoms with E-state index < -0.39 is 17.6 Å². The van der Waals surface area contributed by atoms with Gasteiger partial charge in [0.1, 0.15) is 11.5 Å². The minimum atomic E-state index is -0.929. The van der Waals surface area contributed by atoms with Crippen LogP contribution in [0.3, 0.4) is 0 Å². The lowest BCUT2D eigenvalue weighted by atomic mass is 9.80. The Morgan fingerprint density at radius 3 is 2.56 bits per heavy atom. The highest BCUT2D eigenvalue weighted by Crippen LogP contribution is 2.49. The maximum absolute atomic E-state index is 14.0. The van der Waals surface area contributed by atoms with Gasteiger partial charge in [0.25, 0.3) is 5.91 Å². The number of likely N-dealkylation sites (tertiary alicyclic amines) is 1. The van der Waals surface area contributed by atoms with Crippen LogP contribution in [0.25, 0.3) is 4.85 Å². The van der Waals surface area contributed by atoms with Gasteiger partial charge in [0, 0.05) is 25.2 Å². The van der Waals surface area contributed by atoms with Crippen LogP contribution in [0.4, 0.5) is 5.69 Å². The molecule has 5 rings (SSSR count). The zero-order valence-electron chi connectivity index (χ0n) is 21.0. The summed E-state index contributed by atoms with van der Waals surface area (Å²) in [6.07, 6.45) is 0.798. The van der Waals surface area contributed by atoms with Gasteiger partial charge in [0.2, 0.25) is 11.8 Å². The molecule has 2 aliphatic heterocycles. The summed E-state index contributed by atoms with van der Waals surface area (Å²) in [7, 11) is 1.71. The predicted octanol–water partition coefficient (Wildman–Crippen LogP) is 4.03. The number of amides is 3. The molecular formula is C29H32N4O3. The van der Waals surface area contributed by atoms with Gasteiger partial charge >= 0.3 is 6.17 Å². The highest BCUT2D eigenvalue weighted by Gasteiger charge is 2.59. The summed E-state index contributed by atoms with van der Waals surface area (Å²) in [6, 6.07) is 16.8. The zero-order chi connectivity index (χ0) is 25.6. The van der Waals surface area contributed by atoms with Gasteiger partial charge in [0.05, 0.1) is 6.42 Å². The van der Waals surface area contributed by atoms with E-state index in [2.05, 4.69) is 10.2 Å². The van der Waals surface area contributed by atoms with E-state index in [9.17, 15) is 14.4 Å². The first kappa shape index (κ1) is 24.1. The number of anilines is 1. The minimum Gasteiger partial charge on any atom is -0.333 e. The van der Waals surface area contributed by atoms with Crippen LogP contribution < -0.4 is 5.32 Å². The van der Waals surface area contributed by atoms with Crippen LogP contribution in [-0.2, 0) is 19.8 Å². The summed E-state index contributed by atoms with van der Waals surface area (Å²) in [6.45, 7) is 12.0. The fourth-order valence-electron chi connectivity index (χ4n) is 5.97. The van der Waals surface area contributed by atoms with Crippen molar-refractivity contribution in [2.45, 2.75) is 56.7 Å². The first-order chi connectivity index (χ1) is 17.3. The number of benzene rings is 2. The maximum Gasteiger partial charge on any atom is 0.302 e. The summed E-state index contributed by atoms with van der Waals surface area (Å²) in [5, 5.41) is 2.94. The van der Waals surface area contributed by atoms with E-state index >= 15 is 0 Å². The average molecular weight is 485 g/mol. The summed E-state index contributed by atoms with van der Waals surface area (Å²) in [5.41, 5.74) is 1.80. The quantitative estimate of drug-likeness (QED) is 0.629. The normalized spacial score (nSPS) is 26.9. The molecule has 0 bridgehead atoms. The van der Waals surface area contributed by atoms with E-state index in [1.54, 1.807) is 16.8 Å². The number of fused-ring (bicyclic) bond motifs is 2. The highest BCUT2D eigenvalue weighted by molar-refractivity contribution is 6.07. The van der Waals surface area contributed by atoms with E-state index in [1.807, 2.05) is 68.4 Å². The third-order valence-corrected chi connectivity index (χ3v) is 8.02. The second kappa shape index (κ2) is 9.09. The number of para-hydroxylation sites is 1. The number of nitrogens with one attached hydrogen (secondary N) is 1. The van der Waals surface area contributed by atoms with Gasteiger partial charge in [-0.05, 0) is 41.9 Å². The van der Waals surface area contributed by atoms with E-state index in [-0.39, 0.29) is 48.4 Å². The molecule has 5 atom stereocenters. The molecule has 0 aromatic heterocycles.